The van der Waals surface area contributed by atoms with Crippen molar-refractivity contribution in [1.82, 2.24) is 4.90 Å². The van der Waals surface area contributed by atoms with Crippen molar-refractivity contribution in [3.8, 4) is 0 Å². The molecule has 1 aliphatic rings. The van der Waals surface area contributed by atoms with Crippen LogP contribution in [0.15, 0.2) is 18.2 Å². The first-order valence-corrected chi connectivity index (χ1v) is 6.58. The molecule has 5 heteroatoms. The summed E-state index contributed by atoms with van der Waals surface area (Å²) in [4.78, 5) is 2.27. The SMILES string of the molecule is Cl.NCCC1CCCCN1Cc1ccc(F)cc1F. The van der Waals surface area contributed by atoms with Crippen LogP contribution in [0.25, 0.3) is 0 Å². The minimum absolute atomic E-state index is 0. The van der Waals surface area contributed by atoms with Crippen molar-refractivity contribution in [2.75, 3.05) is 13.1 Å². The Hall–Kier alpha value is -0.710. The van der Waals surface area contributed by atoms with Gasteiger partial charge >= 0.3 is 0 Å². The van der Waals surface area contributed by atoms with Crippen LogP contribution in [0.1, 0.15) is 31.2 Å². The van der Waals surface area contributed by atoms with E-state index in [1.807, 2.05) is 0 Å². The van der Waals surface area contributed by atoms with Crippen molar-refractivity contribution in [3.05, 3.63) is 35.4 Å². The standard InChI is InChI=1S/C14H20F2N2.ClH/c15-12-5-4-11(14(16)9-12)10-18-8-2-1-3-13(18)6-7-17;/h4-5,9,13H,1-3,6-8,10,17H2;1H. The highest BCUT2D eigenvalue weighted by molar-refractivity contribution is 5.85. The fourth-order valence-corrected chi connectivity index (χ4v) is 2.66. The zero-order chi connectivity index (χ0) is 13.0. The monoisotopic (exact) mass is 290 g/mol. The molecule has 19 heavy (non-hydrogen) atoms. The van der Waals surface area contributed by atoms with E-state index in [4.69, 9.17) is 5.73 Å². The van der Waals surface area contributed by atoms with Gasteiger partial charge in [-0.1, -0.05) is 12.5 Å². The fraction of sp³-hybridized carbons (Fsp3) is 0.571. The summed E-state index contributed by atoms with van der Waals surface area (Å²) in [5.41, 5.74) is 6.18. The summed E-state index contributed by atoms with van der Waals surface area (Å²) in [6.45, 7) is 2.19. The van der Waals surface area contributed by atoms with Gasteiger partial charge in [0.15, 0.2) is 0 Å². The molecule has 1 unspecified atom stereocenters. The molecule has 0 aromatic heterocycles. The molecule has 2 N–H and O–H groups in total. The lowest BCUT2D eigenvalue weighted by atomic mass is 9.98. The third kappa shape index (κ3) is 4.41. The Labute approximate surface area is 119 Å². The number of nitrogens with zero attached hydrogens (tertiary/aromatic N) is 1. The molecule has 108 valence electrons. The zero-order valence-electron chi connectivity index (χ0n) is 10.9. The van der Waals surface area contributed by atoms with Gasteiger partial charge in [0.25, 0.3) is 0 Å². The number of hydrogen-bond donors (Lipinski definition) is 1. The van der Waals surface area contributed by atoms with Gasteiger partial charge in [-0.2, -0.15) is 0 Å². The molecule has 0 aliphatic carbocycles. The highest BCUT2D eigenvalue weighted by atomic mass is 35.5. The van der Waals surface area contributed by atoms with Gasteiger partial charge in [-0.3, -0.25) is 4.90 Å². The molecule has 0 saturated carbocycles. The molecule has 1 fully saturated rings. The van der Waals surface area contributed by atoms with Gasteiger partial charge in [-0.05, 0) is 38.4 Å². The molecule has 1 aliphatic heterocycles. The number of benzene rings is 1. The van der Waals surface area contributed by atoms with E-state index in [1.54, 1.807) is 6.07 Å². The molecular weight excluding hydrogens is 270 g/mol. The van der Waals surface area contributed by atoms with Gasteiger partial charge in [0.1, 0.15) is 11.6 Å². The van der Waals surface area contributed by atoms with Crippen LogP contribution in [-0.4, -0.2) is 24.0 Å². The highest BCUT2D eigenvalue weighted by Crippen LogP contribution is 2.22. The summed E-state index contributed by atoms with van der Waals surface area (Å²) < 4.78 is 26.5. The second-order valence-corrected chi connectivity index (χ2v) is 4.93. The molecule has 0 spiro atoms. The number of piperidine rings is 1. The van der Waals surface area contributed by atoms with Gasteiger partial charge in [0, 0.05) is 24.2 Å². The summed E-state index contributed by atoms with van der Waals surface area (Å²) in [5.74, 6) is -0.972. The number of nitrogens with two attached hydrogens (primary N) is 1. The summed E-state index contributed by atoms with van der Waals surface area (Å²) in [7, 11) is 0. The Balaban J connectivity index is 0.00000180. The average Bonchev–Trinajstić information content (AvgIpc) is 2.35. The predicted octanol–water partition coefficient (Wildman–Crippen LogP) is 3.09. The Morgan fingerprint density at radius 2 is 2.05 bits per heavy atom. The lowest BCUT2D eigenvalue weighted by Gasteiger charge is -2.35. The molecule has 2 rings (SSSR count). The highest BCUT2D eigenvalue weighted by Gasteiger charge is 2.22. The minimum Gasteiger partial charge on any atom is -0.330 e. The van der Waals surface area contributed by atoms with Crippen molar-refractivity contribution in [3.63, 3.8) is 0 Å². The summed E-state index contributed by atoms with van der Waals surface area (Å²) >= 11 is 0. The summed E-state index contributed by atoms with van der Waals surface area (Å²) in [5, 5.41) is 0. The summed E-state index contributed by atoms with van der Waals surface area (Å²) in [6, 6.07) is 4.25. The maximum absolute atomic E-state index is 13.6. The molecule has 2 nitrogen and oxygen atoms in total. The van der Waals surface area contributed by atoms with Crippen molar-refractivity contribution in [1.29, 1.82) is 0 Å². The predicted molar refractivity (Wildman–Crippen MR) is 75.3 cm³/mol. The van der Waals surface area contributed by atoms with E-state index >= 15 is 0 Å². The van der Waals surface area contributed by atoms with Gasteiger partial charge in [0.05, 0.1) is 0 Å². The average molecular weight is 291 g/mol. The number of rotatable bonds is 4. The first-order chi connectivity index (χ1) is 8.70. The third-order valence-corrected chi connectivity index (χ3v) is 3.64. The van der Waals surface area contributed by atoms with Crippen LogP contribution in [0.3, 0.4) is 0 Å². The van der Waals surface area contributed by atoms with E-state index in [0.717, 1.165) is 31.9 Å². The van der Waals surface area contributed by atoms with E-state index in [0.29, 0.717) is 24.7 Å². The van der Waals surface area contributed by atoms with Crippen LogP contribution in [-0.2, 0) is 6.54 Å². The Kier molecular flexibility index (Phi) is 6.69. The topological polar surface area (TPSA) is 29.3 Å². The van der Waals surface area contributed by atoms with E-state index in [2.05, 4.69) is 4.90 Å². The minimum atomic E-state index is -0.520. The second-order valence-electron chi connectivity index (χ2n) is 4.93. The second kappa shape index (κ2) is 7.78. The largest absolute Gasteiger partial charge is 0.330 e. The normalized spacial score (nSPS) is 20.1. The van der Waals surface area contributed by atoms with Crippen LogP contribution in [0.2, 0.25) is 0 Å². The first kappa shape index (κ1) is 16.3. The fourth-order valence-electron chi connectivity index (χ4n) is 2.66. The van der Waals surface area contributed by atoms with Gasteiger partial charge < -0.3 is 5.73 Å². The molecule has 0 bridgehead atoms. The van der Waals surface area contributed by atoms with Gasteiger partial charge in [-0.15, -0.1) is 12.4 Å². The lowest BCUT2D eigenvalue weighted by Crippen LogP contribution is -2.40. The third-order valence-electron chi connectivity index (χ3n) is 3.64. The molecule has 0 radical (unpaired) electrons. The maximum atomic E-state index is 13.6. The number of likely N-dealkylation sites (tertiary alicyclic amines) is 1. The number of hydrogen-bond acceptors (Lipinski definition) is 2. The van der Waals surface area contributed by atoms with E-state index in [-0.39, 0.29) is 12.4 Å². The van der Waals surface area contributed by atoms with Crippen molar-refractivity contribution in [2.24, 2.45) is 5.73 Å². The van der Waals surface area contributed by atoms with Crippen LogP contribution in [0, 0.1) is 11.6 Å². The van der Waals surface area contributed by atoms with Crippen molar-refractivity contribution >= 4 is 12.4 Å². The van der Waals surface area contributed by atoms with Crippen LogP contribution in [0.5, 0.6) is 0 Å². The number of halogens is 3. The van der Waals surface area contributed by atoms with Crippen molar-refractivity contribution < 1.29 is 8.78 Å². The van der Waals surface area contributed by atoms with E-state index in [1.165, 1.54) is 12.5 Å². The van der Waals surface area contributed by atoms with Crippen LogP contribution in [0.4, 0.5) is 8.78 Å². The zero-order valence-corrected chi connectivity index (χ0v) is 11.8. The molecule has 1 aromatic rings. The summed E-state index contributed by atoms with van der Waals surface area (Å²) in [6.07, 6.45) is 4.43. The Morgan fingerprint density at radius 1 is 1.26 bits per heavy atom. The van der Waals surface area contributed by atoms with Crippen molar-refractivity contribution in [2.45, 2.75) is 38.3 Å². The lowest BCUT2D eigenvalue weighted by molar-refractivity contribution is 0.132. The van der Waals surface area contributed by atoms with E-state index in [9.17, 15) is 8.78 Å². The van der Waals surface area contributed by atoms with Gasteiger partial charge in [-0.25, -0.2) is 8.78 Å². The smallest absolute Gasteiger partial charge is 0.130 e. The maximum Gasteiger partial charge on any atom is 0.130 e. The molecule has 1 heterocycles. The quantitative estimate of drug-likeness (QED) is 0.923. The molecule has 1 atom stereocenters. The molecule has 1 saturated heterocycles. The Bertz CT molecular complexity index is 399. The van der Waals surface area contributed by atoms with Crippen LogP contribution >= 0.6 is 12.4 Å². The van der Waals surface area contributed by atoms with Crippen LogP contribution < -0.4 is 5.73 Å². The van der Waals surface area contributed by atoms with Gasteiger partial charge in [0.2, 0.25) is 0 Å². The van der Waals surface area contributed by atoms with E-state index < -0.39 is 11.6 Å². The molecular formula is C14H21ClF2N2. The molecule has 0 amide bonds. The molecule has 1 aromatic carbocycles. The Morgan fingerprint density at radius 3 is 2.74 bits per heavy atom. The first-order valence-electron chi connectivity index (χ1n) is 6.58.